The number of fused-ring (bicyclic) bond motifs is 3. The Morgan fingerprint density at radius 1 is 1.22 bits per heavy atom. The lowest BCUT2D eigenvalue weighted by Gasteiger charge is -2.34. The van der Waals surface area contributed by atoms with Crippen molar-refractivity contribution in [3.63, 3.8) is 0 Å². The van der Waals surface area contributed by atoms with Crippen LogP contribution in [0.25, 0.3) is 11.0 Å². The number of amides is 1. The van der Waals surface area contributed by atoms with Gasteiger partial charge in [-0.2, -0.15) is 5.10 Å². The average molecular weight is 368 g/mol. The summed E-state index contributed by atoms with van der Waals surface area (Å²) in [5.41, 5.74) is 5.57. The minimum atomic E-state index is -0.257. The van der Waals surface area contributed by atoms with E-state index in [4.69, 9.17) is 0 Å². The fourth-order valence-corrected chi connectivity index (χ4v) is 5.14. The number of hydrogen-bond acceptors (Lipinski definition) is 3. The summed E-state index contributed by atoms with van der Waals surface area (Å²) < 4.78 is 3.22. The lowest BCUT2D eigenvalue weighted by Crippen LogP contribution is -2.35. The molecule has 2 aliphatic carbocycles. The predicted octanol–water partition coefficient (Wildman–Crippen LogP) is 3.14. The van der Waals surface area contributed by atoms with E-state index in [0.29, 0.717) is 12.5 Å². The van der Waals surface area contributed by atoms with Crippen molar-refractivity contribution in [1.82, 2.24) is 14.6 Å². The molecular weight excluding hydrogens is 340 g/mol. The summed E-state index contributed by atoms with van der Waals surface area (Å²) in [6, 6.07) is 7.57. The van der Waals surface area contributed by atoms with Gasteiger partial charge in [-0.25, -0.2) is 10.2 Å². The van der Waals surface area contributed by atoms with Gasteiger partial charge in [0.2, 0.25) is 0 Å². The number of carbonyl (C=O) groups excluding carboxylic acids is 1. The summed E-state index contributed by atoms with van der Waals surface area (Å²) >= 11 is 0. The van der Waals surface area contributed by atoms with E-state index in [-0.39, 0.29) is 29.0 Å². The summed E-state index contributed by atoms with van der Waals surface area (Å²) in [5.74, 6) is 0.385. The van der Waals surface area contributed by atoms with Crippen LogP contribution in [0.2, 0.25) is 0 Å². The Balaban J connectivity index is 1.56. The highest BCUT2D eigenvalue weighted by Crippen LogP contribution is 2.63. The number of nitrogens with one attached hydrogen (secondary N) is 1. The maximum atomic E-state index is 12.7. The van der Waals surface area contributed by atoms with Crippen molar-refractivity contribution < 1.29 is 4.79 Å². The molecule has 1 N–H and O–H groups in total. The number of rotatable bonds is 4. The third-order valence-electron chi connectivity index (χ3n) is 7.37. The Bertz CT molecular complexity index is 997. The van der Waals surface area contributed by atoms with Crippen LogP contribution in [0.1, 0.15) is 47.0 Å². The normalized spacial score (nSPS) is 27.6. The zero-order chi connectivity index (χ0) is 19.4. The molecule has 2 aliphatic rings. The first-order valence-electron chi connectivity index (χ1n) is 9.83. The van der Waals surface area contributed by atoms with Crippen molar-refractivity contribution in [3.05, 3.63) is 34.7 Å². The largest absolute Gasteiger partial charge is 0.329 e. The van der Waals surface area contributed by atoms with E-state index < -0.39 is 0 Å². The number of imidazole rings is 1. The first-order chi connectivity index (χ1) is 12.8. The maximum absolute atomic E-state index is 12.7. The number of carbonyl (C=O) groups is 1. The Labute approximate surface area is 159 Å². The second kappa shape index (κ2) is 6.08. The molecule has 144 valence electrons. The van der Waals surface area contributed by atoms with E-state index in [1.165, 1.54) is 11.0 Å². The van der Waals surface area contributed by atoms with E-state index in [1.807, 2.05) is 31.2 Å². The molecule has 1 amide bonds. The zero-order valence-corrected chi connectivity index (χ0v) is 16.6. The summed E-state index contributed by atoms with van der Waals surface area (Å²) in [4.78, 5) is 25.2. The molecule has 0 radical (unpaired) electrons. The van der Waals surface area contributed by atoms with Crippen LogP contribution < -0.4 is 11.1 Å². The molecule has 2 bridgehead atoms. The third kappa shape index (κ3) is 2.49. The Morgan fingerprint density at radius 2 is 1.89 bits per heavy atom. The molecule has 2 fully saturated rings. The Morgan fingerprint density at radius 3 is 2.44 bits per heavy atom. The van der Waals surface area contributed by atoms with Crippen LogP contribution in [0.4, 0.5) is 0 Å². The number of para-hydroxylation sites is 2. The van der Waals surface area contributed by atoms with Crippen molar-refractivity contribution in [2.24, 2.45) is 21.8 Å². The molecule has 4 rings (SSSR count). The van der Waals surface area contributed by atoms with Crippen LogP contribution in [0.5, 0.6) is 0 Å². The first-order valence-corrected chi connectivity index (χ1v) is 9.83. The minimum Gasteiger partial charge on any atom is -0.292 e. The van der Waals surface area contributed by atoms with Gasteiger partial charge in [-0.1, -0.05) is 32.9 Å². The number of aryl methyl sites for hydroxylation is 1. The van der Waals surface area contributed by atoms with Crippen molar-refractivity contribution >= 4 is 22.7 Å². The van der Waals surface area contributed by atoms with Crippen molar-refractivity contribution in [3.8, 4) is 0 Å². The maximum Gasteiger partial charge on any atom is 0.329 e. The molecule has 6 heteroatoms. The SMILES string of the molecule is CCn1c(=O)n(CC(=O)N/N=C2/CC3CCC2(C)C3(C)C)c2ccccc21. The van der Waals surface area contributed by atoms with E-state index in [2.05, 4.69) is 31.3 Å². The number of hydrazone groups is 1. The van der Waals surface area contributed by atoms with Gasteiger partial charge in [0, 0.05) is 17.7 Å². The van der Waals surface area contributed by atoms with Gasteiger partial charge in [-0.3, -0.25) is 13.9 Å². The molecule has 0 aliphatic heterocycles. The molecular formula is C21H28N4O2. The predicted molar refractivity (Wildman–Crippen MR) is 107 cm³/mol. The Hall–Kier alpha value is -2.37. The van der Waals surface area contributed by atoms with Gasteiger partial charge in [0.15, 0.2) is 0 Å². The van der Waals surface area contributed by atoms with Crippen molar-refractivity contribution in [1.29, 1.82) is 0 Å². The fraction of sp³-hybridized carbons (Fsp3) is 0.571. The number of benzene rings is 1. The molecule has 0 saturated heterocycles. The van der Waals surface area contributed by atoms with E-state index in [9.17, 15) is 9.59 Å². The molecule has 2 unspecified atom stereocenters. The van der Waals surface area contributed by atoms with E-state index >= 15 is 0 Å². The van der Waals surface area contributed by atoms with Crippen molar-refractivity contribution in [2.45, 2.75) is 60.0 Å². The second-order valence-electron chi connectivity index (χ2n) is 8.69. The average Bonchev–Trinajstić information content (AvgIpc) is 3.11. The van der Waals surface area contributed by atoms with Crippen LogP contribution in [0, 0.1) is 16.7 Å². The highest BCUT2D eigenvalue weighted by Gasteiger charge is 2.60. The van der Waals surface area contributed by atoms with Crippen molar-refractivity contribution in [2.75, 3.05) is 0 Å². The van der Waals surface area contributed by atoms with E-state index in [0.717, 1.165) is 29.6 Å². The van der Waals surface area contributed by atoms with Gasteiger partial charge >= 0.3 is 5.69 Å². The molecule has 2 aromatic rings. The number of hydrogen-bond donors (Lipinski definition) is 1. The highest BCUT2D eigenvalue weighted by molar-refractivity contribution is 5.95. The quantitative estimate of drug-likeness (QED) is 0.843. The number of nitrogens with zero attached hydrogens (tertiary/aromatic N) is 3. The second-order valence-corrected chi connectivity index (χ2v) is 8.69. The molecule has 2 saturated carbocycles. The van der Waals surface area contributed by atoms with E-state index in [1.54, 1.807) is 4.57 Å². The zero-order valence-electron chi connectivity index (χ0n) is 16.6. The van der Waals surface area contributed by atoms with Crippen LogP contribution in [-0.4, -0.2) is 20.8 Å². The standard InChI is InChI=1S/C21H28N4O2/c1-5-24-15-8-6-7-9-16(15)25(19(24)27)13-18(26)23-22-17-12-14-10-11-21(17,4)20(14,2)3/h6-9,14H,5,10-13H2,1-4H3,(H,23,26)/b22-17-. The summed E-state index contributed by atoms with van der Waals surface area (Å²) in [6.07, 6.45) is 3.32. The van der Waals surface area contributed by atoms with Gasteiger partial charge in [-0.05, 0) is 49.7 Å². The van der Waals surface area contributed by atoms with Gasteiger partial charge < -0.3 is 0 Å². The third-order valence-corrected chi connectivity index (χ3v) is 7.37. The molecule has 6 nitrogen and oxygen atoms in total. The van der Waals surface area contributed by atoms with Crippen LogP contribution in [0.3, 0.4) is 0 Å². The molecule has 0 spiro atoms. The lowest BCUT2D eigenvalue weighted by molar-refractivity contribution is -0.121. The Kier molecular flexibility index (Phi) is 4.05. The lowest BCUT2D eigenvalue weighted by atomic mass is 9.70. The van der Waals surface area contributed by atoms with Crippen LogP contribution >= 0.6 is 0 Å². The van der Waals surface area contributed by atoms with Gasteiger partial charge in [0.25, 0.3) is 5.91 Å². The summed E-state index contributed by atoms with van der Waals surface area (Å²) in [5, 5.41) is 4.50. The van der Waals surface area contributed by atoms with Gasteiger partial charge in [-0.15, -0.1) is 0 Å². The molecule has 1 aromatic heterocycles. The van der Waals surface area contributed by atoms with Crippen LogP contribution in [0.15, 0.2) is 34.2 Å². The monoisotopic (exact) mass is 368 g/mol. The molecule has 2 atom stereocenters. The van der Waals surface area contributed by atoms with Gasteiger partial charge in [0.05, 0.1) is 11.0 Å². The summed E-state index contributed by atoms with van der Waals surface area (Å²) in [6.45, 7) is 9.38. The minimum absolute atomic E-state index is 0.0212. The highest BCUT2D eigenvalue weighted by atomic mass is 16.2. The summed E-state index contributed by atoms with van der Waals surface area (Å²) in [7, 11) is 0. The molecule has 1 aromatic carbocycles. The molecule has 27 heavy (non-hydrogen) atoms. The first kappa shape index (κ1) is 18.0. The van der Waals surface area contributed by atoms with Crippen LogP contribution in [-0.2, 0) is 17.9 Å². The smallest absolute Gasteiger partial charge is 0.292 e. The topological polar surface area (TPSA) is 68.4 Å². The molecule has 1 heterocycles. The fourth-order valence-electron chi connectivity index (χ4n) is 5.14. The van der Waals surface area contributed by atoms with Gasteiger partial charge in [0.1, 0.15) is 6.54 Å². The number of aromatic nitrogens is 2.